The van der Waals surface area contributed by atoms with Gasteiger partial charge in [0.25, 0.3) is 0 Å². The molecule has 0 radical (unpaired) electrons. The van der Waals surface area contributed by atoms with E-state index in [0.717, 1.165) is 11.7 Å². The first-order chi connectivity index (χ1) is 7.16. The van der Waals surface area contributed by atoms with E-state index in [0.29, 0.717) is 17.8 Å². The van der Waals surface area contributed by atoms with Crippen molar-refractivity contribution in [3.8, 4) is 0 Å². The summed E-state index contributed by atoms with van der Waals surface area (Å²) in [4.78, 5) is 4.26. The third kappa shape index (κ3) is 2.22. The minimum absolute atomic E-state index is 0.550. The average molecular weight is 205 g/mol. The van der Waals surface area contributed by atoms with Gasteiger partial charge in [-0.2, -0.15) is 0 Å². The van der Waals surface area contributed by atoms with Gasteiger partial charge in [0.05, 0.1) is 0 Å². The van der Waals surface area contributed by atoms with E-state index in [2.05, 4.69) is 24.1 Å². The monoisotopic (exact) mass is 205 g/mol. The first kappa shape index (κ1) is 10.3. The predicted octanol–water partition coefficient (Wildman–Crippen LogP) is 2.51. The molecule has 3 unspecified atom stereocenters. The lowest BCUT2D eigenvalue weighted by Gasteiger charge is -2.20. The highest BCUT2D eigenvalue weighted by Gasteiger charge is 2.29. The Labute approximate surface area is 91.1 Å². The molecule has 3 atom stereocenters. The third-order valence-corrected chi connectivity index (χ3v) is 3.57. The Hall–Kier alpha value is -1.25. The van der Waals surface area contributed by atoms with Gasteiger partial charge in [-0.3, -0.25) is 0 Å². The SMILES string of the molecule is CC1CCC(Nc2cccc(N)n2)C1C. The quantitative estimate of drug-likeness (QED) is 0.780. The highest BCUT2D eigenvalue weighted by atomic mass is 15.0. The second kappa shape index (κ2) is 4.09. The zero-order chi connectivity index (χ0) is 10.8. The minimum atomic E-state index is 0.550. The van der Waals surface area contributed by atoms with Crippen LogP contribution < -0.4 is 11.1 Å². The zero-order valence-electron chi connectivity index (χ0n) is 9.40. The van der Waals surface area contributed by atoms with Crippen molar-refractivity contribution >= 4 is 11.6 Å². The first-order valence-electron chi connectivity index (χ1n) is 5.66. The second-order valence-corrected chi connectivity index (χ2v) is 4.61. The van der Waals surface area contributed by atoms with Crippen molar-refractivity contribution in [1.29, 1.82) is 0 Å². The Bertz CT molecular complexity index is 337. The molecule has 1 aromatic rings. The van der Waals surface area contributed by atoms with Gasteiger partial charge in [-0.05, 0) is 36.8 Å². The van der Waals surface area contributed by atoms with Gasteiger partial charge in [-0.15, -0.1) is 0 Å². The average Bonchev–Trinajstić information content (AvgIpc) is 2.50. The van der Waals surface area contributed by atoms with Gasteiger partial charge in [0.1, 0.15) is 11.6 Å². The molecule has 1 fully saturated rings. The molecule has 3 N–H and O–H groups in total. The topological polar surface area (TPSA) is 50.9 Å². The van der Waals surface area contributed by atoms with E-state index < -0.39 is 0 Å². The summed E-state index contributed by atoms with van der Waals surface area (Å²) >= 11 is 0. The number of nitrogens with one attached hydrogen (secondary N) is 1. The molecule has 3 heteroatoms. The lowest BCUT2D eigenvalue weighted by Crippen LogP contribution is -2.24. The molecule has 0 amide bonds. The van der Waals surface area contributed by atoms with Gasteiger partial charge in [-0.1, -0.05) is 19.9 Å². The second-order valence-electron chi connectivity index (χ2n) is 4.61. The molecule has 2 rings (SSSR count). The maximum atomic E-state index is 5.64. The number of pyridine rings is 1. The summed E-state index contributed by atoms with van der Waals surface area (Å²) in [6.07, 6.45) is 2.54. The van der Waals surface area contributed by atoms with Crippen LogP contribution >= 0.6 is 0 Å². The van der Waals surface area contributed by atoms with Crippen LogP contribution in [0.1, 0.15) is 26.7 Å². The summed E-state index contributed by atoms with van der Waals surface area (Å²) in [7, 11) is 0. The van der Waals surface area contributed by atoms with E-state index in [1.807, 2.05) is 18.2 Å². The van der Waals surface area contributed by atoms with Crippen LogP contribution in [0.5, 0.6) is 0 Å². The lowest BCUT2D eigenvalue weighted by molar-refractivity contribution is 0.435. The molecule has 3 nitrogen and oxygen atoms in total. The number of nitrogens with zero attached hydrogens (tertiary/aromatic N) is 1. The van der Waals surface area contributed by atoms with Crippen LogP contribution in [0.25, 0.3) is 0 Å². The van der Waals surface area contributed by atoms with Crippen LogP contribution in [-0.4, -0.2) is 11.0 Å². The maximum absolute atomic E-state index is 5.64. The maximum Gasteiger partial charge on any atom is 0.128 e. The highest BCUT2D eigenvalue weighted by Crippen LogP contribution is 2.32. The number of hydrogen-bond donors (Lipinski definition) is 2. The molecule has 15 heavy (non-hydrogen) atoms. The molecular weight excluding hydrogens is 186 g/mol. The molecule has 0 saturated heterocycles. The van der Waals surface area contributed by atoms with Crippen LogP contribution in [-0.2, 0) is 0 Å². The largest absolute Gasteiger partial charge is 0.384 e. The normalized spacial score (nSPS) is 30.4. The summed E-state index contributed by atoms with van der Waals surface area (Å²) in [5.74, 6) is 3.01. The predicted molar refractivity (Wildman–Crippen MR) is 63.6 cm³/mol. The molecule has 1 saturated carbocycles. The van der Waals surface area contributed by atoms with Gasteiger partial charge in [-0.25, -0.2) is 4.98 Å². The van der Waals surface area contributed by atoms with Crippen molar-refractivity contribution in [3.05, 3.63) is 18.2 Å². The number of nitrogens with two attached hydrogens (primary N) is 1. The molecule has 1 aliphatic carbocycles. The van der Waals surface area contributed by atoms with Crippen molar-refractivity contribution < 1.29 is 0 Å². The standard InChI is InChI=1S/C12H19N3/c1-8-6-7-10(9(8)2)14-12-5-3-4-11(13)15-12/h3-5,8-10H,6-7H2,1-2H3,(H3,13,14,15). The Morgan fingerprint density at radius 1 is 1.33 bits per heavy atom. The smallest absolute Gasteiger partial charge is 0.128 e. The van der Waals surface area contributed by atoms with Crippen LogP contribution in [0.15, 0.2) is 18.2 Å². The first-order valence-corrected chi connectivity index (χ1v) is 5.66. The van der Waals surface area contributed by atoms with Crippen molar-refractivity contribution in [1.82, 2.24) is 4.98 Å². The molecule has 1 aromatic heterocycles. The highest BCUT2D eigenvalue weighted by molar-refractivity contribution is 5.43. The van der Waals surface area contributed by atoms with E-state index in [-0.39, 0.29) is 0 Å². The molecule has 0 aliphatic heterocycles. The van der Waals surface area contributed by atoms with Gasteiger partial charge in [0, 0.05) is 6.04 Å². The van der Waals surface area contributed by atoms with E-state index in [9.17, 15) is 0 Å². The number of aromatic nitrogens is 1. The molecule has 0 bridgehead atoms. The number of hydrogen-bond acceptors (Lipinski definition) is 3. The van der Waals surface area contributed by atoms with Crippen LogP contribution in [0.4, 0.5) is 11.6 Å². The van der Waals surface area contributed by atoms with E-state index >= 15 is 0 Å². The Balaban J connectivity index is 2.03. The van der Waals surface area contributed by atoms with Crippen LogP contribution in [0, 0.1) is 11.8 Å². The van der Waals surface area contributed by atoms with Gasteiger partial charge in [0.15, 0.2) is 0 Å². The Kier molecular flexibility index (Phi) is 2.80. The minimum Gasteiger partial charge on any atom is -0.384 e. The molecule has 1 heterocycles. The Morgan fingerprint density at radius 2 is 2.13 bits per heavy atom. The van der Waals surface area contributed by atoms with Gasteiger partial charge < -0.3 is 11.1 Å². The van der Waals surface area contributed by atoms with Crippen LogP contribution in [0.3, 0.4) is 0 Å². The molecule has 0 aromatic carbocycles. The summed E-state index contributed by atoms with van der Waals surface area (Å²) < 4.78 is 0. The summed E-state index contributed by atoms with van der Waals surface area (Å²) in [6.45, 7) is 4.63. The molecular formula is C12H19N3. The summed E-state index contributed by atoms with van der Waals surface area (Å²) in [5, 5.41) is 3.47. The van der Waals surface area contributed by atoms with Gasteiger partial charge in [0.2, 0.25) is 0 Å². The van der Waals surface area contributed by atoms with E-state index in [1.165, 1.54) is 12.8 Å². The fraction of sp³-hybridized carbons (Fsp3) is 0.583. The van der Waals surface area contributed by atoms with E-state index in [4.69, 9.17) is 5.73 Å². The number of nitrogen functional groups attached to an aromatic ring is 1. The number of rotatable bonds is 2. The van der Waals surface area contributed by atoms with E-state index in [1.54, 1.807) is 0 Å². The molecule has 82 valence electrons. The molecule has 0 spiro atoms. The summed E-state index contributed by atoms with van der Waals surface area (Å²) in [5.41, 5.74) is 5.64. The fourth-order valence-corrected chi connectivity index (χ4v) is 2.29. The number of anilines is 2. The van der Waals surface area contributed by atoms with Crippen molar-refractivity contribution in [3.63, 3.8) is 0 Å². The van der Waals surface area contributed by atoms with Crippen LogP contribution in [0.2, 0.25) is 0 Å². The van der Waals surface area contributed by atoms with Crippen molar-refractivity contribution in [2.45, 2.75) is 32.7 Å². The fourth-order valence-electron chi connectivity index (χ4n) is 2.29. The zero-order valence-corrected chi connectivity index (χ0v) is 9.40. The summed E-state index contributed by atoms with van der Waals surface area (Å²) in [6, 6.07) is 6.28. The third-order valence-electron chi connectivity index (χ3n) is 3.57. The van der Waals surface area contributed by atoms with Crippen molar-refractivity contribution in [2.75, 3.05) is 11.1 Å². The lowest BCUT2D eigenvalue weighted by atomic mass is 9.98. The molecule has 1 aliphatic rings. The van der Waals surface area contributed by atoms with Gasteiger partial charge >= 0.3 is 0 Å². The van der Waals surface area contributed by atoms with Crippen molar-refractivity contribution in [2.24, 2.45) is 11.8 Å². The Morgan fingerprint density at radius 3 is 2.73 bits per heavy atom.